The van der Waals surface area contributed by atoms with Gasteiger partial charge in [-0.2, -0.15) is 0 Å². The molecule has 0 aliphatic carbocycles. The van der Waals surface area contributed by atoms with E-state index in [0.29, 0.717) is 17.7 Å². The van der Waals surface area contributed by atoms with Gasteiger partial charge in [-0.15, -0.1) is 0 Å². The number of anilines is 1. The van der Waals surface area contributed by atoms with Crippen LogP contribution in [0.25, 0.3) is 10.9 Å². The van der Waals surface area contributed by atoms with Crippen molar-refractivity contribution in [1.82, 2.24) is 9.97 Å². The van der Waals surface area contributed by atoms with Gasteiger partial charge in [-0.3, -0.25) is 0 Å². The van der Waals surface area contributed by atoms with Crippen molar-refractivity contribution in [3.8, 4) is 0 Å². The summed E-state index contributed by atoms with van der Waals surface area (Å²) in [7, 11) is 0. The second-order valence-corrected chi connectivity index (χ2v) is 3.59. The Hall–Kier alpha value is -1.75. The van der Waals surface area contributed by atoms with Gasteiger partial charge in [-0.25, -0.2) is 14.4 Å². The monoisotopic (exact) mass is 221 g/mol. The Bertz CT molecular complexity index is 502. The summed E-state index contributed by atoms with van der Waals surface area (Å²) in [5.41, 5.74) is 0.283. The predicted molar refractivity (Wildman–Crippen MR) is 59.7 cm³/mol. The number of nitrogens with one attached hydrogen (secondary N) is 1. The van der Waals surface area contributed by atoms with E-state index >= 15 is 0 Å². The standard InChI is InChI=1S/C11H12FN3O/c1-7(16)5-13-11-8-3-2-4-9(12)10(8)14-6-15-11/h2-4,6-7,16H,5H2,1H3,(H,13,14,15). The summed E-state index contributed by atoms with van der Waals surface area (Å²) >= 11 is 0. The van der Waals surface area contributed by atoms with Gasteiger partial charge in [-0.1, -0.05) is 6.07 Å². The van der Waals surface area contributed by atoms with Crippen LogP contribution in [0.1, 0.15) is 6.92 Å². The van der Waals surface area contributed by atoms with Crippen molar-refractivity contribution in [2.24, 2.45) is 0 Å². The van der Waals surface area contributed by atoms with Crippen LogP contribution in [-0.4, -0.2) is 27.7 Å². The maximum Gasteiger partial charge on any atom is 0.149 e. The molecule has 0 aliphatic rings. The fourth-order valence-corrected chi connectivity index (χ4v) is 1.44. The first-order chi connectivity index (χ1) is 7.68. The molecule has 1 atom stereocenters. The van der Waals surface area contributed by atoms with Crippen molar-refractivity contribution in [2.75, 3.05) is 11.9 Å². The summed E-state index contributed by atoms with van der Waals surface area (Å²) in [6.07, 6.45) is 0.814. The van der Waals surface area contributed by atoms with E-state index < -0.39 is 6.10 Å². The normalized spacial score (nSPS) is 12.7. The van der Waals surface area contributed by atoms with E-state index in [1.807, 2.05) is 0 Å². The molecule has 2 N–H and O–H groups in total. The average Bonchev–Trinajstić information content (AvgIpc) is 2.27. The third-order valence-corrected chi connectivity index (χ3v) is 2.18. The Morgan fingerprint density at radius 1 is 1.44 bits per heavy atom. The molecular weight excluding hydrogens is 209 g/mol. The van der Waals surface area contributed by atoms with Crippen LogP contribution in [0.15, 0.2) is 24.5 Å². The number of halogens is 1. The smallest absolute Gasteiger partial charge is 0.149 e. The molecular formula is C11H12FN3O. The number of rotatable bonds is 3. The maximum atomic E-state index is 13.4. The number of para-hydroxylation sites is 1. The van der Waals surface area contributed by atoms with E-state index in [1.165, 1.54) is 12.4 Å². The fourth-order valence-electron chi connectivity index (χ4n) is 1.44. The van der Waals surface area contributed by atoms with E-state index in [4.69, 9.17) is 5.11 Å². The highest BCUT2D eigenvalue weighted by Crippen LogP contribution is 2.20. The molecule has 2 rings (SSSR count). The van der Waals surface area contributed by atoms with Crippen molar-refractivity contribution in [1.29, 1.82) is 0 Å². The van der Waals surface area contributed by atoms with Gasteiger partial charge in [0.15, 0.2) is 0 Å². The summed E-state index contributed by atoms with van der Waals surface area (Å²) in [6.45, 7) is 2.03. The molecule has 0 aliphatic heterocycles. The van der Waals surface area contributed by atoms with E-state index in [-0.39, 0.29) is 11.3 Å². The summed E-state index contributed by atoms with van der Waals surface area (Å²) in [5, 5.41) is 12.7. The van der Waals surface area contributed by atoms with E-state index in [2.05, 4.69) is 15.3 Å². The van der Waals surface area contributed by atoms with Crippen molar-refractivity contribution >= 4 is 16.7 Å². The first-order valence-corrected chi connectivity index (χ1v) is 4.99. The maximum absolute atomic E-state index is 13.4. The molecule has 84 valence electrons. The fraction of sp³-hybridized carbons (Fsp3) is 0.273. The van der Waals surface area contributed by atoms with E-state index in [0.717, 1.165) is 0 Å². The van der Waals surface area contributed by atoms with Crippen LogP contribution >= 0.6 is 0 Å². The first-order valence-electron chi connectivity index (χ1n) is 4.99. The largest absolute Gasteiger partial charge is 0.392 e. The van der Waals surface area contributed by atoms with Crippen molar-refractivity contribution in [2.45, 2.75) is 13.0 Å². The highest BCUT2D eigenvalue weighted by molar-refractivity contribution is 5.89. The quantitative estimate of drug-likeness (QED) is 0.825. The minimum atomic E-state index is -0.487. The summed E-state index contributed by atoms with van der Waals surface area (Å²) in [5.74, 6) is 0.158. The third kappa shape index (κ3) is 2.09. The molecule has 1 unspecified atom stereocenters. The number of aromatic nitrogens is 2. The molecule has 0 bridgehead atoms. The zero-order valence-electron chi connectivity index (χ0n) is 8.81. The lowest BCUT2D eigenvalue weighted by Gasteiger charge is -2.09. The Balaban J connectivity index is 2.42. The minimum absolute atomic E-state index is 0.283. The van der Waals surface area contributed by atoms with Crippen LogP contribution in [0.2, 0.25) is 0 Å². The molecule has 4 nitrogen and oxygen atoms in total. The Morgan fingerprint density at radius 3 is 3.00 bits per heavy atom. The molecule has 1 aromatic carbocycles. The molecule has 1 aromatic heterocycles. The van der Waals surface area contributed by atoms with Crippen LogP contribution in [0.4, 0.5) is 10.2 Å². The van der Waals surface area contributed by atoms with Gasteiger partial charge < -0.3 is 10.4 Å². The van der Waals surface area contributed by atoms with Crippen molar-refractivity contribution < 1.29 is 9.50 Å². The molecule has 1 heterocycles. The highest BCUT2D eigenvalue weighted by atomic mass is 19.1. The van der Waals surface area contributed by atoms with Gasteiger partial charge in [0.1, 0.15) is 23.5 Å². The minimum Gasteiger partial charge on any atom is -0.392 e. The lowest BCUT2D eigenvalue weighted by Crippen LogP contribution is -2.16. The molecule has 0 amide bonds. The lowest BCUT2D eigenvalue weighted by atomic mass is 10.2. The van der Waals surface area contributed by atoms with E-state index in [1.54, 1.807) is 19.1 Å². The number of hydrogen-bond acceptors (Lipinski definition) is 4. The highest BCUT2D eigenvalue weighted by Gasteiger charge is 2.07. The Kier molecular flexibility index (Phi) is 2.96. The predicted octanol–water partition coefficient (Wildman–Crippen LogP) is 1.56. The second-order valence-electron chi connectivity index (χ2n) is 3.59. The molecule has 0 saturated carbocycles. The first kappa shape index (κ1) is 10.8. The van der Waals surface area contributed by atoms with Crippen LogP contribution in [0.5, 0.6) is 0 Å². The number of hydrogen-bond donors (Lipinski definition) is 2. The number of benzene rings is 1. The molecule has 0 fully saturated rings. The van der Waals surface area contributed by atoms with Gasteiger partial charge in [0, 0.05) is 11.9 Å². The number of aliphatic hydroxyl groups is 1. The van der Waals surface area contributed by atoms with Gasteiger partial charge in [0.25, 0.3) is 0 Å². The molecule has 16 heavy (non-hydrogen) atoms. The lowest BCUT2D eigenvalue weighted by molar-refractivity contribution is 0.208. The average molecular weight is 221 g/mol. The molecule has 0 saturated heterocycles. The van der Waals surface area contributed by atoms with Gasteiger partial charge >= 0.3 is 0 Å². The topological polar surface area (TPSA) is 58.0 Å². The van der Waals surface area contributed by atoms with Gasteiger partial charge in [0.2, 0.25) is 0 Å². The third-order valence-electron chi connectivity index (χ3n) is 2.18. The summed E-state index contributed by atoms with van der Waals surface area (Å²) in [4.78, 5) is 7.90. The number of aliphatic hydroxyl groups excluding tert-OH is 1. The van der Waals surface area contributed by atoms with Crippen molar-refractivity contribution in [3.05, 3.63) is 30.3 Å². The number of fused-ring (bicyclic) bond motifs is 1. The SMILES string of the molecule is CC(O)CNc1ncnc2c(F)cccc12. The van der Waals surface area contributed by atoms with Crippen LogP contribution < -0.4 is 5.32 Å². The van der Waals surface area contributed by atoms with Crippen LogP contribution in [0.3, 0.4) is 0 Å². The molecule has 0 spiro atoms. The summed E-state index contributed by atoms with van der Waals surface area (Å²) < 4.78 is 13.4. The van der Waals surface area contributed by atoms with E-state index in [9.17, 15) is 4.39 Å². The van der Waals surface area contributed by atoms with Gasteiger partial charge in [0.05, 0.1) is 6.10 Å². The molecule has 0 radical (unpaired) electrons. The van der Waals surface area contributed by atoms with Crippen LogP contribution in [0, 0.1) is 5.82 Å². The Morgan fingerprint density at radius 2 is 2.25 bits per heavy atom. The zero-order valence-corrected chi connectivity index (χ0v) is 8.81. The number of nitrogens with zero attached hydrogens (tertiary/aromatic N) is 2. The van der Waals surface area contributed by atoms with Gasteiger partial charge in [-0.05, 0) is 19.1 Å². The molecule has 2 aromatic rings. The van der Waals surface area contributed by atoms with Crippen molar-refractivity contribution in [3.63, 3.8) is 0 Å². The molecule has 5 heteroatoms. The Labute approximate surface area is 92.2 Å². The summed E-state index contributed by atoms with van der Waals surface area (Å²) in [6, 6.07) is 4.70. The zero-order chi connectivity index (χ0) is 11.5. The second kappa shape index (κ2) is 4.40. The van der Waals surface area contributed by atoms with Crippen LogP contribution in [-0.2, 0) is 0 Å².